The van der Waals surface area contributed by atoms with Gasteiger partial charge in [0.05, 0.1) is 33.0 Å². The van der Waals surface area contributed by atoms with Crippen LogP contribution in [0.4, 0.5) is 0 Å². The summed E-state index contributed by atoms with van der Waals surface area (Å²) >= 11 is 0. The van der Waals surface area contributed by atoms with Crippen molar-refractivity contribution >= 4 is 5.91 Å². The SMILES string of the molecule is CC(=O)N[C@H]1C(O)O[C@H](CO)[C@@H](O[C@@H]2O[C@H](CO[C@H]3O[C@H](CO)[C@@H](O)[C@H](O[C@H]4O[C@H](CO)[C@@H](O)[C@H](O)[C@@H]4O[C@H]4O[C@H](CO)[C@@H](O)[C@H](O)[C@@H]4O)[C@@H]3O)[C@@H](O)[C@H](O)[C@@H]2O)[C@@H]1O. The minimum atomic E-state index is -2.08. The zero-order valence-electron chi connectivity index (χ0n) is 31.2. The molecule has 0 aliphatic carbocycles. The van der Waals surface area contributed by atoms with Crippen molar-refractivity contribution in [2.45, 2.75) is 160 Å². The Bertz CT molecular complexity index is 1320. The number of rotatable bonds is 14. The maximum atomic E-state index is 11.7. The Morgan fingerprint density at radius 1 is 0.441 bits per heavy atom. The molecular formula is C32H55NO26. The molecule has 5 fully saturated rings. The number of amides is 1. The van der Waals surface area contributed by atoms with Gasteiger partial charge in [-0.05, 0) is 0 Å². The Hall–Kier alpha value is -1.53. The van der Waals surface area contributed by atoms with Crippen LogP contribution in [0.5, 0.6) is 0 Å². The molecule has 0 aromatic rings. The molecule has 0 aromatic heterocycles. The fourth-order valence-corrected chi connectivity index (χ4v) is 7.30. The molecule has 27 heteroatoms. The van der Waals surface area contributed by atoms with E-state index in [1.807, 2.05) is 0 Å². The second-order valence-electron chi connectivity index (χ2n) is 14.7. The highest BCUT2D eigenvalue weighted by Gasteiger charge is 2.55. The van der Waals surface area contributed by atoms with Gasteiger partial charge >= 0.3 is 0 Å². The molecule has 5 aliphatic heterocycles. The van der Waals surface area contributed by atoms with Crippen LogP contribution in [-0.4, -0.2) is 274 Å². The first-order valence-electron chi connectivity index (χ1n) is 18.6. The highest BCUT2D eigenvalue weighted by Crippen LogP contribution is 2.34. The first-order chi connectivity index (χ1) is 27.9. The zero-order chi connectivity index (χ0) is 43.6. The normalized spacial score (nSPS) is 51.0. The van der Waals surface area contributed by atoms with Crippen LogP contribution in [0.3, 0.4) is 0 Å². The highest BCUT2D eigenvalue weighted by molar-refractivity contribution is 5.73. The van der Waals surface area contributed by atoms with E-state index < -0.39 is 192 Å². The maximum Gasteiger partial charge on any atom is 0.217 e. The predicted octanol–water partition coefficient (Wildman–Crippen LogP) is -11.8. The standard InChI is InChI=1S/C32H55NO26/c1-7(38)33-13-18(43)25(11(5-37)52-28(13)50)57-31-23(48)20(45)16(41)12(56-31)6-51-29-24(49)26(17(42)10(4-36)53-29)58-32-27(21(46)15(40)9(3-35)55-32)59-30-22(47)19(44)14(39)8(2-34)54-30/h8-32,34-37,39-50H,2-6H2,1H3,(H,33,38)/t8-,9-,10-,11-,12-,13-,14-,15-,16-,17-,18-,19+,20+,21+,22+,23+,24+,25-,26+,27+,28?,29+,30-,31+,32-/m1/s1. The third-order valence-electron chi connectivity index (χ3n) is 10.7. The molecule has 5 saturated heterocycles. The van der Waals surface area contributed by atoms with Gasteiger partial charge in [-0.1, -0.05) is 0 Å². The van der Waals surface area contributed by atoms with Gasteiger partial charge in [0.2, 0.25) is 5.91 Å². The Morgan fingerprint density at radius 3 is 1.42 bits per heavy atom. The Balaban J connectivity index is 1.31. The molecular weight excluding hydrogens is 814 g/mol. The number of aliphatic hydroxyl groups is 16. The van der Waals surface area contributed by atoms with E-state index in [1.54, 1.807) is 0 Å². The number of nitrogens with one attached hydrogen (secondary N) is 1. The van der Waals surface area contributed by atoms with Gasteiger partial charge in [0.25, 0.3) is 0 Å². The summed E-state index contributed by atoms with van der Waals surface area (Å²) in [6.07, 6.45) is -44.3. The van der Waals surface area contributed by atoms with Crippen LogP contribution >= 0.6 is 0 Å². The van der Waals surface area contributed by atoms with E-state index in [-0.39, 0.29) is 0 Å². The van der Waals surface area contributed by atoms with Gasteiger partial charge in [-0.25, -0.2) is 0 Å². The van der Waals surface area contributed by atoms with Crippen LogP contribution in [-0.2, 0) is 47.4 Å². The maximum absolute atomic E-state index is 11.7. The van der Waals surface area contributed by atoms with Crippen LogP contribution in [0.15, 0.2) is 0 Å². The average Bonchev–Trinajstić information content (AvgIpc) is 3.21. The van der Waals surface area contributed by atoms with Crippen LogP contribution in [0.25, 0.3) is 0 Å². The van der Waals surface area contributed by atoms with E-state index in [0.29, 0.717) is 0 Å². The summed E-state index contributed by atoms with van der Waals surface area (Å²) in [6.45, 7) is -3.32. The minimum Gasteiger partial charge on any atom is -0.394 e. The average molecular weight is 870 g/mol. The molecule has 25 atom stereocenters. The Morgan fingerprint density at radius 2 is 0.881 bits per heavy atom. The Labute approximate surface area is 333 Å². The van der Waals surface area contributed by atoms with Gasteiger partial charge in [0.15, 0.2) is 31.5 Å². The van der Waals surface area contributed by atoms with Crippen molar-refractivity contribution in [1.82, 2.24) is 5.32 Å². The van der Waals surface area contributed by atoms with E-state index in [0.717, 1.165) is 6.92 Å². The van der Waals surface area contributed by atoms with Gasteiger partial charge in [0, 0.05) is 6.92 Å². The lowest BCUT2D eigenvalue weighted by molar-refractivity contribution is -0.391. The first-order valence-corrected chi connectivity index (χ1v) is 18.6. The summed E-state index contributed by atoms with van der Waals surface area (Å²) in [4.78, 5) is 11.7. The number of aliphatic hydroxyl groups excluding tert-OH is 16. The van der Waals surface area contributed by atoms with Crippen molar-refractivity contribution in [3.63, 3.8) is 0 Å². The topological polar surface area (TPSA) is 436 Å². The summed E-state index contributed by atoms with van der Waals surface area (Å²) in [5.41, 5.74) is 0. The number of carbonyl (C=O) groups is 1. The summed E-state index contributed by atoms with van der Waals surface area (Å²) in [6, 6.07) is -1.48. The molecule has 0 aromatic carbocycles. The molecule has 0 saturated carbocycles. The highest BCUT2D eigenvalue weighted by atomic mass is 16.8. The van der Waals surface area contributed by atoms with Gasteiger partial charge in [-0.3, -0.25) is 4.79 Å². The van der Waals surface area contributed by atoms with Crippen LogP contribution < -0.4 is 5.32 Å². The monoisotopic (exact) mass is 869 g/mol. The summed E-state index contributed by atoms with van der Waals surface area (Å²) in [7, 11) is 0. The molecule has 17 N–H and O–H groups in total. The number of hydrogen-bond donors (Lipinski definition) is 17. The lowest BCUT2D eigenvalue weighted by Gasteiger charge is -2.48. The van der Waals surface area contributed by atoms with Gasteiger partial charge in [-0.15, -0.1) is 0 Å². The van der Waals surface area contributed by atoms with Crippen molar-refractivity contribution in [3.05, 3.63) is 0 Å². The molecule has 344 valence electrons. The zero-order valence-corrected chi connectivity index (χ0v) is 31.2. The molecule has 59 heavy (non-hydrogen) atoms. The van der Waals surface area contributed by atoms with Crippen LogP contribution in [0, 0.1) is 0 Å². The molecule has 1 unspecified atom stereocenters. The van der Waals surface area contributed by atoms with Crippen molar-refractivity contribution < 1.29 is 129 Å². The molecule has 0 radical (unpaired) electrons. The fourth-order valence-electron chi connectivity index (χ4n) is 7.30. The third kappa shape index (κ3) is 10.3. The van der Waals surface area contributed by atoms with Crippen molar-refractivity contribution in [2.75, 3.05) is 33.0 Å². The quantitative estimate of drug-likeness (QED) is 0.0770. The number of ether oxygens (including phenoxy) is 9. The Kier molecular flexibility index (Phi) is 17.1. The molecule has 5 rings (SSSR count). The van der Waals surface area contributed by atoms with Gasteiger partial charge < -0.3 is 130 Å². The number of carbonyl (C=O) groups excluding carboxylic acids is 1. The van der Waals surface area contributed by atoms with Crippen LogP contribution in [0.2, 0.25) is 0 Å². The summed E-state index contributed by atoms with van der Waals surface area (Å²) in [5, 5.41) is 170. The van der Waals surface area contributed by atoms with E-state index in [9.17, 15) is 86.5 Å². The van der Waals surface area contributed by atoms with E-state index in [2.05, 4.69) is 5.32 Å². The molecule has 0 bridgehead atoms. The van der Waals surface area contributed by atoms with Crippen LogP contribution in [0.1, 0.15) is 6.92 Å². The predicted molar refractivity (Wildman–Crippen MR) is 178 cm³/mol. The fraction of sp³-hybridized carbons (Fsp3) is 0.969. The molecule has 1 amide bonds. The van der Waals surface area contributed by atoms with Crippen molar-refractivity contribution in [1.29, 1.82) is 0 Å². The lowest BCUT2D eigenvalue weighted by Crippen LogP contribution is -2.67. The van der Waals surface area contributed by atoms with E-state index >= 15 is 0 Å². The molecule has 5 heterocycles. The minimum absolute atomic E-state index is 0.684. The molecule has 27 nitrogen and oxygen atoms in total. The smallest absolute Gasteiger partial charge is 0.217 e. The largest absolute Gasteiger partial charge is 0.394 e. The first kappa shape index (κ1) is 48.5. The third-order valence-corrected chi connectivity index (χ3v) is 10.7. The molecule has 5 aliphatic rings. The molecule has 0 spiro atoms. The van der Waals surface area contributed by atoms with Gasteiger partial charge in [-0.2, -0.15) is 0 Å². The summed E-state index contributed by atoms with van der Waals surface area (Å²) < 4.78 is 49.9. The second-order valence-corrected chi connectivity index (χ2v) is 14.7. The summed E-state index contributed by atoms with van der Waals surface area (Å²) in [5.74, 6) is -0.684. The van der Waals surface area contributed by atoms with Crippen molar-refractivity contribution in [2.24, 2.45) is 0 Å². The second kappa shape index (κ2) is 20.8. The lowest BCUT2D eigenvalue weighted by atomic mass is 9.95. The van der Waals surface area contributed by atoms with E-state index in [1.165, 1.54) is 0 Å². The number of hydrogen-bond acceptors (Lipinski definition) is 26. The van der Waals surface area contributed by atoms with E-state index in [4.69, 9.17) is 42.6 Å². The van der Waals surface area contributed by atoms with Crippen molar-refractivity contribution in [3.8, 4) is 0 Å². The van der Waals surface area contributed by atoms with Gasteiger partial charge in [0.1, 0.15) is 122 Å².